The highest BCUT2D eigenvalue weighted by atomic mass is 16.5. The van der Waals surface area contributed by atoms with Crippen LogP contribution in [0.2, 0.25) is 0 Å². The van der Waals surface area contributed by atoms with E-state index in [1.807, 2.05) is 13.8 Å². The second kappa shape index (κ2) is 11.4. The van der Waals surface area contributed by atoms with Crippen molar-refractivity contribution in [1.82, 2.24) is 5.32 Å². The van der Waals surface area contributed by atoms with Crippen molar-refractivity contribution in [2.45, 2.75) is 19.9 Å². The van der Waals surface area contributed by atoms with Gasteiger partial charge in [0.15, 0.2) is 0 Å². The molecule has 0 aliphatic rings. The number of carboxylic acid groups (broad SMARTS) is 1. The van der Waals surface area contributed by atoms with Crippen molar-refractivity contribution in [1.29, 1.82) is 0 Å². The predicted molar refractivity (Wildman–Crippen MR) is 67.8 cm³/mol. The Morgan fingerprint density at radius 1 is 1.11 bits per heavy atom. The standard InChI is InChI=1S/C12H25NO5/c1-10(2)11(12(14)15)13-4-5-17-8-9-18-7-6-16-3/h10-11,13H,4-9H2,1-3H3,(H,14,15). The first-order chi connectivity index (χ1) is 8.59. The molecule has 0 aromatic heterocycles. The van der Waals surface area contributed by atoms with Gasteiger partial charge in [-0.25, -0.2) is 0 Å². The Balaban J connectivity index is 3.36. The SMILES string of the molecule is COCCOCCOCCNC(C(=O)O)C(C)C. The Bertz CT molecular complexity index is 211. The van der Waals surface area contributed by atoms with E-state index in [0.29, 0.717) is 39.6 Å². The topological polar surface area (TPSA) is 77.0 Å². The van der Waals surface area contributed by atoms with Crippen LogP contribution in [-0.2, 0) is 19.0 Å². The summed E-state index contributed by atoms with van der Waals surface area (Å²) in [5.41, 5.74) is 0. The number of hydrogen-bond acceptors (Lipinski definition) is 5. The van der Waals surface area contributed by atoms with Crippen molar-refractivity contribution in [3.8, 4) is 0 Å². The molecule has 6 nitrogen and oxygen atoms in total. The van der Waals surface area contributed by atoms with E-state index < -0.39 is 12.0 Å². The normalized spacial score (nSPS) is 12.9. The minimum atomic E-state index is -0.826. The van der Waals surface area contributed by atoms with Gasteiger partial charge in [0.05, 0.1) is 33.0 Å². The van der Waals surface area contributed by atoms with Gasteiger partial charge in [-0.1, -0.05) is 13.8 Å². The van der Waals surface area contributed by atoms with Gasteiger partial charge in [0.25, 0.3) is 0 Å². The van der Waals surface area contributed by atoms with Gasteiger partial charge in [0, 0.05) is 13.7 Å². The Morgan fingerprint density at radius 2 is 1.67 bits per heavy atom. The molecule has 0 aliphatic carbocycles. The average Bonchev–Trinajstić information content (AvgIpc) is 2.30. The summed E-state index contributed by atoms with van der Waals surface area (Å²) in [6.45, 7) is 6.91. The number of methoxy groups -OCH3 is 1. The first kappa shape index (κ1) is 17.3. The molecular weight excluding hydrogens is 238 g/mol. The summed E-state index contributed by atoms with van der Waals surface area (Å²) >= 11 is 0. The Morgan fingerprint density at radius 3 is 2.17 bits per heavy atom. The zero-order valence-corrected chi connectivity index (χ0v) is 11.5. The van der Waals surface area contributed by atoms with Gasteiger partial charge >= 0.3 is 5.97 Å². The summed E-state index contributed by atoms with van der Waals surface area (Å²) in [4.78, 5) is 10.9. The van der Waals surface area contributed by atoms with Crippen LogP contribution in [0.1, 0.15) is 13.8 Å². The molecular formula is C12H25NO5. The largest absolute Gasteiger partial charge is 0.480 e. The van der Waals surface area contributed by atoms with Crippen LogP contribution in [0.5, 0.6) is 0 Å². The molecule has 0 rings (SSSR count). The molecule has 0 bridgehead atoms. The molecule has 108 valence electrons. The van der Waals surface area contributed by atoms with Gasteiger partial charge < -0.3 is 24.6 Å². The lowest BCUT2D eigenvalue weighted by Crippen LogP contribution is -2.42. The smallest absolute Gasteiger partial charge is 0.320 e. The molecule has 0 spiro atoms. The molecule has 18 heavy (non-hydrogen) atoms. The highest BCUT2D eigenvalue weighted by molar-refractivity contribution is 5.73. The first-order valence-corrected chi connectivity index (χ1v) is 6.20. The van der Waals surface area contributed by atoms with Crippen LogP contribution in [0.15, 0.2) is 0 Å². The second-order valence-electron chi connectivity index (χ2n) is 4.23. The van der Waals surface area contributed by atoms with Crippen molar-refractivity contribution in [3.63, 3.8) is 0 Å². The molecule has 1 atom stereocenters. The summed E-state index contributed by atoms with van der Waals surface area (Å²) in [6.07, 6.45) is 0. The van der Waals surface area contributed by atoms with Gasteiger partial charge in [-0.05, 0) is 5.92 Å². The second-order valence-corrected chi connectivity index (χ2v) is 4.23. The van der Waals surface area contributed by atoms with Crippen molar-refractivity contribution in [2.75, 3.05) is 46.7 Å². The molecule has 0 aromatic rings. The number of carboxylic acids is 1. The maximum absolute atomic E-state index is 10.9. The summed E-state index contributed by atoms with van der Waals surface area (Å²) in [6, 6.07) is -0.522. The van der Waals surface area contributed by atoms with Gasteiger partial charge in [-0.2, -0.15) is 0 Å². The number of rotatable bonds is 12. The molecule has 0 saturated heterocycles. The third-order valence-corrected chi connectivity index (χ3v) is 2.35. The van der Waals surface area contributed by atoms with Crippen LogP contribution >= 0.6 is 0 Å². The van der Waals surface area contributed by atoms with Gasteiger partial charge in [-0.3, -0.25) is 4.79 Å². The number of hydrogen-bond donors (Lipinski definition) is 2. The lowest BCUT2D eigenvalue weighted by Gasteiger charge is -2.17. The van der Waals surface area contributed by atoms with Crippen LogP contribution in [0.25, 0.3) is 0 Å². The number of carbonyl (C=O) groups is 1. The molecule has 0 heterocycles. The van der Waals surface area contributed by atoms with E-state index in [1.165, 1.54) is 0 Å². The Labute approximate surface area is 109 Å². The third kappa shape index (κ3) is 9.35. The van der Waals surface area contributed by atoms with Crippen molar-refractivity contribution >= 4 is 5.97 Å². The monoisotopic (exact) mass is 263 g/mol. The molecule has 0 amide bonds. The first-order valence-electron chi connectivity index (χ1n) is 6.20. The average molecular weight is 263 g/mol. The van der Waals surface area contributed by atoms with Crippen LogP contribution in [0, 0.1) is 5.92 Å². The lowest BCUT2D eigenvalue weighted by atomic mass is 10.1. The van der Waals surface area contributed by atoms with Gasteiger partial charge in [0.1, 0.15) is 6.04 Å². The maximum atomic E-state index is 10.9. The molecule has 0 radical (unpaired) electrons. The zero-order chi connectivity index (χ0) is 13.8. The van der Waals surface area contributed by atoms with E-state index in [1.54, 1.807) is 7.11 Å². The van der Waals surface area contributed by atoms with Crippen LogP contribution < -0.4 is 5.32 Å². The van der Waals surface area contributed by atoms with Gasteiger partial charge in [0.2, 0.25) is 0 Å². The fraction of sp³-hybridized carbons (Fsp3) is 0.917. The minimum absolute atomic E-state index is 0.0554. The van der Waals surface area contributed by atoms with Crippen molar-refractivity contribution in [2.24, 2.45) is 5.92 Å². The van der Waals surface area contributed by atoms with Crippen molar-refractivity contribution < 1.29 is 24.1 Å². The van der Waals surface area contributed by atoms with E-state index in [0.717, 1.165) is 0 Å². The van der Waals surface area contributed by atoms with Gasteiger partial charge in [-0.15, -0.1) is 0 Å². The lowest BCUT2D eigenvalue weighted by molar-refractivity contribution is -0.140. The fourth-order valence-electron chi connectivity index (χ4n) is 1.36. The number of aliphatic carboxylic acids is 1. The minimum Gasteiger partial charge on any atom is -0.480 e. The molecule has 0 aromatic carbocycles. The molecule has 0 saturated carbocycles. The van der Waals surface area contributed by atoms with E-state index >= 15 is 0 Å². The molecule has 0 fully saturated rings. The highest BCUT2D eigenvalue weighted by Crippen LogP contribution is 2.00. The molecule has 6 heteroatoms. The van der Waals surface area contributed by atoms with Crippen LogP contribution in [0.4, 0.5) is 0 Å². The van der Waals surface area contributed by atoms with E-state index in [9.17, 15) is 4.79 Å². The zero-order valence-electron chi connectivity index (χ0n) is 11.5. The molecule has 2 N–H and O–H groups in total. The summed E-state index contributed by atoms with van der Waals surface area (Å²) in [5, 5.41) is 11.9. The van der Waals surface area contributed by atoms with Crippen LogP contribution in [0.3, 0.4) is 0 Å². The summed E-state index contributed by atoms with van der Waals surface area (Å²) in [5.74, 6) is -0.771. The fourth-order valence-corrected chi connectivity index (χ4v) is 1.36. The summed E-state index contributed by atoms with van der Waals surface area (Å²) < 4.78 is 15.3. The maximum Gasteiger partial charge on any atom is 0.320 e. The van der Waals surface area contributed by atoms with E-state index in [4.69, 9.17) is 19.3 Å². The Hall–Kier alpha value is -0.690. The van der Waals surface area contributed by atoms with E-state index in [2.05, 4.69) is 5.32 Å². The molecule has 1 unspecified atom stereocenters. The molecule has 0 aliphatic heterocycles. The summed E-state index contributed by atoms with van der Waals surface area (Å²) in [7, 11) is 1.62. The number of nitrogens with one attached hydrogen (secondary N) is 1. The third-order valence-electron chi connectivity index (χ3n) is 2.35. The number of ether oxygens (including phenoxy) is 3. The Kier molecular flexibility index (Phi) is 11.0. The quantitative estimate of drug-likeness (QED) is 0.495. The highest BCUT2D eigenvalue weighted by Gasteiger charge is 2.19. The van der Waals surface area contributed by atoms with Crippen molar-refractivity contribution in [3.05, 3.63) is 0 Å². The van der Waals surface area contributed by atoms with E-state index in [-0.39, 0.29) is 5.92 Å². The van der Waals surface area contributed by atoms with Crippen LogP contribution in [-0.4, -0.2) is 63.8 Å². The predicted octanol–water partition coefficient (Wildman–Crippen LogP) is 0.365.